The van der Waals surface area contributed by atoms with Crippen molar-refractivity contribution in [3.8, 4) is 11.5 Å². The molecular formula is C35H50O13. The molecule has 13 nitrogen and oxygen atoms in total. The number of carbonyl (C=O) groups excluding carboxylic acids is 4. The lowest BCUT2D eigenvalue weighted by molar-refractivity contribution is -0.141. The van der Waals surface area contributed by atoms with Gasteiger partial charge in [0.15, 0.2) is 11.6 Å². The summed E-state index contributed by atoms with van der Waals surface area (Å²) in [4.78, 5) is 68.8. The highest BCUT2D eigenvalue weighted by atomic mass is 16.5. The van der Waals surface area contributed by atoms with Crippen molar-refractivity contribution >= 4 is 23.5 Å². The Morgan fingerprint density at radius 3 is 1.60 bits per heavy atom. The Balaban J connectivity index is 0.000000875. The number of allylic oxidation sites excluding steroid dienone is 1. The van der Waals surface area contributed by atoms with Gasteiger partial charge < -0.3 is 33.6 Å². The fraction of sp³-hybridized carbons (Fsp3) is 0.543. The highest BCUT2D eigenvalue weighted by Crippen LogP contribution is 2.27. The van der Waals surface area contributed by atoms with E-state index in [1.807, 2.05) is 19.9 Å². The number of aliphatic hydroxyl groups excluding tert-OH is 1. The van der Waals surface area contributed by atoms with Crippen molar-refractivity contribution in [2.45, 2.75) is 104 Å². The predicted octanol–water partition coefficient (Wildman–Crippen LogP) is 5.71. The first-order valence-corrected chi connectivity index (χ1v) is 15.8. The van der Waals surface area contributed by atoms with E-state index in [4.69, 9.17) is 13.9 Å². The van der Waals surface area contributed by atoms with Gasteiger partial charge in [0, 0.05) is 50.3 Å². The van der Waals surface area contributed by atoms with Gasteiger partial charge >= 0.3 is 23.2 Å². The number of carbonyl (C=O) groups is 4. The normalized spacial score (nSPS) is 11.8. The number of ketones is 2. The SMILES string of the molecule is CCC(=O)c1c(O)cc(C(C)CC/C=C/CC(=O)OC)oc1=O.CCC(=O)c1c(O)cc(C(C)CCCCCC(=O)OC)oc1=O.CO. The minimum Gasteiger partial charge on any atom is -0.507 e. The average molecular weight is 679 g/mol. The Kier molecular flexibility index (Phi) is 21.5. The summed E-state index contributed by atoms with van der Waals surface area (Å²) in [7, 11) is 3.70. The molecule has 0 aromatic carbocycles. The van der Waals surface area contributed by atoms with Crippen LogP contribution in [-0.2, 0) is 19.1 Å². The van der Waals surface area contributed by atoms with Crippen molar-refractivity contribution in [3.63, 3.8) is 0 Å². The van der Waals surface area contributed by atoms with Crippen LogP contribution >= 0.6 is 0 Å². The summed E-state index contributed by atoms with van der Waals surface area (Å²) < 4.78 is 19.4. The van der Waals surface area contributed by atoms with Gasteiger partial charge in [0.2, 0.25) is 0 Å². The highest BCUT2D eigenvalue weighted by molar-refractivity contribution is 5.98. The Morgan fingerprint density at radius 1 is 0.729 bits per heavy atom. The van der Waals surface area contributed by atoms with Crippen molar-refractivity contribution in [2.24, 2.45) is 0 Å². The first kappa shape index (κ1) is 43.5. The topological polar surface area (TPSA) is 208 Å². The second-order valence-electron chi connectivity index (χ2n) is 10.8. The summed E-state index contributed by atoms with van der Waals surface area (Å²) >= 11 is 0. The van der Waals surface area contributed by atoms with Crippen molar-refractivity contribution in [1.29, 1.82) is 0 Å². The van der Waals surface area contributed by atoms with Crippen LogP contribution in [0.3, 0.4) is 0 Å². The van der Waals surface area contributed by atoms with Crippen LogP contribution in [0, 0.1) is 0 Å². The zero-order chi connectivity index (χ0) is 36.8. The van der Waals surface area contributed by atoms with E-state index in [9.17, 15) is 39.0 Å². The number of unbranched alkanes of at least 4 members (excludes halogenated alkanes) is 2. The third-order valence-corrected chi connectivity index (χ3v) is 7.26. The second-order valence-corrected chi connectivity index (χ2v) is 10.8. The Morgan fingerprint density at radius 2 is 1.19 bits per heavy atom. The number of rotatable bonds is 17. The lowest BCUT2D eigenvalue weighted by atomic mass is 9.99. The molecule has 0 saturated carbocycles. The lowest BCUT2D eigenvalue weighted by Crippen LogP contribution is -2.15. The summed E-state index contributed by atoms with van der Waals surface area (Å²) in [6.07, 6.45) is 9.01. The minimum atomic E-state index is -0.806. The Hall–Kier alpha value is -4.52. The van der Waals surface area contributed by atoms with Crippen LogP contribution in [-0.4, -0.2) is 60.2 Å². The summed E-state index contributed by atoms with van der Waals surface area (Å²) in [5.41, 5.74) is -2.16. The molecule has 13 heteroatoms. The maximum atomic E-state index is 11.9. The van der Waals surface area contributed by atoms with Crippen molar-refractivity contribution in [3.05, 3.63) is 67.8 Å². The maximum Gasteiger partial charge on any atom is 0.350 e. The molecule has 0 amide bonds. The summed E-state index contributed by atoms with van der Waals surface area (Å²) in [5.74, 6) is -1.52. The quantitative estimate of drug-likeness (QED) is 0.0793. The van der Waals surface area contributed by atoms with Gasteiger partial charge in [0.25, 0.3) is 0 Å². The van der Waals surface area contributed by atoms with E-state index in [-0.39, 0.29) is 65.7 Å². The third kappa shape index (κ3) is 14.9. The van der Waals surface area contributed by atoms with Gasteiger partial charge in [-0.1, -0.05) is 52.7 Å². The smallest absolute Gasteiger partial charge is 0.350 e. The molecule has 48 heavy (non-hydrogen) atoms. The van der Waals surface area contributed by atoms with Crippen molar-refractivity contribution < 1.29 is 52.8 Å². The van der Waals surface area contributed by atoms with Gasteiger partial charge in [-0.05, 0) is 25.7 Å². The Bertz CT molecular complexity index is 1470. The maximum absolute atomic E-state index is 11.9. The molecule has 0 aliphatic heterocycles. The van der Waals surface area contributed by atoms with E-state index >= 15 is 0 Å². The predicted molar refractivity (Wildman–Crippen MR) is 178 cm³/mol. The average Bonchev–Trinajstić information content (AvgIpc) is 3.07. The van der Waals surface area contributed by atoms with E-state index in [1.165, 1.54) is 26.4 Å². The molecular weight excluding hydrogens is 628 g/mol. The molecule has 0 spiro atoms. The fourth-order valence-electron chi connectivity index (χ4n) is 4.36. The number of methoxy groups -OCH3 is 2. The molecule has 2 aromatic rings. The number of aromatic hydroxyl groups is 2. The van der Waals surface area contributed by atoms with Crippen molar-refractivity contribution in [2.75, 3.05) is 21.3 Å². The monoisotopic (exact) mass is 678 g/mol. The third-order valence-electron chi connectivity index (χ3n) is 7.26. The summed E-state index contributed by atoms with van der Waals surface area (Å²) in [6.45, 7) is 6.97. The standard InChI is InChI=1S/C17H24O6.C17H22O6.CH4O/c2*1-4-12(18)16-13(19)10-14(23-17(16)21)11(2)8-6-5-7-9-15(20)22-3;1-2/h10-11,19H,4-9H2,1-3H3;5,7,10-11,19H,4,6,8-9H2,1-3H3;2H,1H3/b;7-5+;. The largest absolute Gasteiger partial charge is 0.507 e. The summed E-state index contributed by atoms with van der Waals surface area (Å²) in [5, 5.41) is 26.8. The first-order valence-electron chi connectivity index (χ1n) is 15.8. The van der Waals surface area contributed by atoms with Crippen LogP contribution in [0.15, 0.2) is 42.7 Å². The second kappa shape index (κ2) is 23.7. The van der Waals surface area contributed by atoms with Crippen LogP contribution < -0.4 is 11.3 Å². The van der Waals surface area contributed by atoms with E-state index < -0.39 is 22.8 Å². The van der Waals surface area contributed by atoms with E-state index in [2.05, 4.69) is 9.47 Å². The fourth-order valence-corrected chi connectivity index (χ4v) is 4.36. The van der Waals surface area contributed by atoms with Gasteiger partial charge in [0.05, 0.1) is 20.6 Å². The van der Waals surface area contributed by atoms with Gasteiger partial charge in [-0.15, -0.1) is 0 Å². The summed E-state index contributed by atoms with van der Waals surface area (Å²) in [6, 6.07) is 2.68. The number of hydrogen-bond donors (Lipinski definition) is 3. The van der Waals surface area contributed by atoms with Crippen LogP contribution in [0.2, 0.25) is 0 Å². The molecule has 2 aromatic heterocycles. The lowest BCUT2D eigenvalue weighted by Gasteiger charge is -2.11. The molecule has 2 atom stereocenters. The highest BCUT2D eigenvalue weighted by Gasteiger charge is 2.21. The van der Waals surface area contributed by atoms with E-state index in [1.54, 1.807) is 19.9 Å². The minimum absolute atomic E-state index is 0.0579. The molecule has 268 valence electrons. The molecule has 0 saturated heterocycles. The van der Waals surface area contributed by atoms with Gasteiger partial charge in [0.1, 0.15) is 34.1 Å². The zero-order valence-corrected chi connectivity index (χ0v) is 29.0. The van der Waals surface area contributed by atoms with Crippen molar-refractivity contribution in [1.82, 2.24) is 0 Å². The first-order chi connectivity index (χ1) is 22.8. The molecule has 3 N–H and O–H groups in total. The zero-order valence-electron chi connectivity index (χ0n) is 29.0. The van der Waals surface area contributed by atoms with Gasteiger partial charge in [-0.3, -0.25) is 19.2 Å². The number of esters is 2. The van der Waals surface area contributed by atoms with E-state index in [0.717, 1.165) is 32.8 Å². The van der Waals surface area contributed by atoms with Crippen LogP contribution in [0.1, 0.15) is 136 Å². The molecule has 0 bridgehead atoms. The molecule has 2 rings (SSSR count). The van der Waals surface area contributed by atoms with E-state index in [0.29, 0.717) is 30.8 Å². The molecule has 0 aliphatic rings. The number of Topliss-reactive ketones (excluding diaryl/α,β-unsaturated/α-hetero) is 2. The molecule has 0 aliphatic carbocycles. The number of aliphatic hydroxyl groups is 1. The Labute approximate surface area is 280 Å². The number of hydrogen-bond acceptors (Lipinski definition) is 13. The van der Waals surface area contributed by atoms with Gasteiger partial charge in [-0.25, -0.2) is 9.59 Å². The molecule has 2 unspecified atom stereocenters. The van der Waals surface area contributed by atoms with Crippen LogP contribution in [0.5, 0.6) is 11.5 Å². The number of ether oxygens (including phenoxy) is 2. The van der Waals surface area contributed by atoms with Crippen LogP contribution in [0.4, 0.5) is 0 Å². The van der Waals surface area contributed by atoms with Gasteiger partial charge in [-0.2, -0.15) is 0 Å². The van der Waals surface area contributed by atoms with Crippen LogP contribution in [0.25, 0.3) is 0 Å². The molecule has 0 radical (unpaired) electrons. The molecule has 0 fully saturated rings. The molecule has 2 heterocycles.